The van der Waals surface area contributed by atoms with Crippen molar-refractivity contribution in [3.8, 4) is 0 Å². The molecule has 0 aromatic heterocycles. The van der Waals surface area contributed by atoms with E-state index in [1.807, 2.05) is 13.8 Å². The van der Waals surface area contributed by atoms with Crippen molar-refractivity contribution < 1.29 is 13.2 Å². The number of nitrogens with zero attached hydrogens (tertiary/aromatic N) is 1. The van der Waals surface area contributed by atoms with E-state index in [2.05, 4.69) is 10.2 Å². The van der Waals surface area contributed by atoms with Gasteiger partial charge in [-0.2, -0.15) is 0 Å². The number of benzene rings is 1. The van der Waals surface area contributed by atoms with Crippen molar-refractivity contribution in [2.45, 2.75) is 26.3 Å². The summed E-state index contributed by atoms with van der Waals surface area (Å²) >= 11 is 0. The minimum Gasteiger partial charge on any atom is -0.314 e. The predicted octanol–water partition coefficient (Wildman–Crippen LogP) is 3.94. The summed E-state index contributed by atoms with van der Waals surface area (Å²) in [5.41, 5.74) is 0.264. The van der Waals surface area contributed by atoms with Crippen LogP contribution in [0.1, 0.15) is 31.9 Å². The third-order valence-corrected chi connectivity index (χ3v) is 4.09. The van der Waals surface area contributed by atoms with Gasteiger partial charge in [0.15, 0.2) is 11.6 Å². The van der Waals surface area contributed by atoms with Crippen LogP contribution in [-0.4, -0.2) is 31.1 Å². The molecule has 1 aliphatic rings. The van der Waals surface area contributed by atoms with Crippen molar-refractivity contribution in [1.82, 2.24) is 10.2 Å². The Morgan fingerprint density at radius 1 is 1.05 bits per heavy atom. The van der Waals surface area contributed by atoms with E-state index in [0.717, 1.165) is 38.7 Å². The van der Waals surface area contributed by atoms with Gasteiger partial charge in [-0.15, -0.1) is 24.8 Å². The average Bonchev–Trinajstić information content (AvgIpc) is 2.45. The summed E-state index contributed by atoms with van der Waals surface area (Å²) in [6, 6.07) is 1.46. The molecule has 1 aliphatic heterocycles. The molecule has 1 saturated heterocycles. The molecule has 0 saturated carbocycles. The van der Waals surface area contributed by atoms with Crippen LogP contribution in [0.15, 0.2) is 12.1 Å². The van der Waals surface area contributed by atoms with Crippen LogP contribution in [0, 0.1) is 23.4 Å². The van der Waals surface area contributed by atoms with E-state index in [1.54, 1.807) is 0 Å². The van der Waals surface area contributed by atoms with Crippen LogP contribution in [0.2, 0.25) is 0 Å². The molecule has 2 atom stereocenters. The van der Waals surface area contributed by atoms with Gasteiger partial charge in [-0.1, -0.05) is 20.3 Å². The zero-order valence-electron chi connectivity index (χ0n) is 12.7. The van der Waals surface area contributed by atoms with Gasteiger partial charge in [-0.3, -0.25) is 4.90 Å². The molecule has 0 bridgehead atoms. The van der Waals surface area contributed by atoms with E-state index in [0.29, 0.717) is 6.07 Å². The fourth-order valence-electron chi connectivity index (χ4n) is 2.81. The molecule has 2 nitrogen and oxygen atoms in total. The van der Waals surface area contributed by atoms with Crippen LogP contribution in [0.4, 0.5) is 13.2 Å². The lowest BCUT2D eigenvalue weighted by Gasteiger charge is -2.38. The zero-order chi connectivity index (χ0) is 14.7. The molecule has 0 amide bonds. The zero-order valence-corrected chi connectivity index (χ0v) is 14.4. The van der Waals surface area contributed by atoms with E-state index in [4.69, 9.17) is 0 Å². The highest BCUT2D eigenvalue weighted by Crippen LogP contribution is 2.33. The maximum absolute atomic E-state index is 14.1. The van der Waals surface area contributed by atoms with E-state index in [-0.39, 0.29) is 42.3 Å². The smallest absolute Gasteiger partial charge is 0.161 e. The summed E-state index contributed by atoms with van der Waals surface area (Å²) in [6.07, 6.45) is 0.854. The molecule has 1 unspecified atom stereocenters. The molecule has 1 heterocycles. The number of nitrogens with one attached hydrogen (secondary N) is 1. The summed E-state index contributed by atoms with van der Waals surface area (Å²) in [6.45, 7) is 7.28. The first-order valence-electron chi connectivity index (χ1n) is 7.13. The second kappa shape index (κ2) is 9.60. The Morgan fingerprint density at radius 2 is 1.59 bits per heavy atom. The van der Waals surface area contributed by atoms with Gasteiger partial charge in [0, 0.05) is 43.9 Å². The average molecular weight is 359 g/mol. The van der Waals surface area contributed by atoms with Crippen LogP contribution in [0.25, 0.3) is 0 Å². The van der Waals surface area contributed by atoms with E-state index < -0.39 is 17.5 Å². The van der Waals surface area contributed by atoms with Crippen molar-refractivity contribution in [2.75, 3.05) is 26.2 Å². The highest BCUT2D eigenvalue weighted by atomic mass is 35.5. The maximum atomic E-state index is 14.1. The summed E-state index contributed by atoms with van der Waals surface area (Å²) < 4.78 is 40.7. The molecule has 0 aliphatic carbocycles. The lowest BCUT2D eigenvalue weighted by atomic mass is 9.90. The monoisotopic (exact) mass is 358 g/mol. The number of halogens is 5. The maximum Gasteiger partial charge on any atom is 0.161 e. The molecule has 1 N–H and O–H groups in total. The Kier molecular flexibility index (Phi) is 9.39. The quantitative estimate of drug-likeness (QED) is 0.820. The molecular weight excluding hydrogens is 336 g/mol. The molecule has 1 fully saturated rings. The molecule has 2 rings (SSSR count). The molecule has 0 radical (unpaired) electrons. The highest BCUT2D eigenvalue weighted by molar-refractivity contribution is 5.85. The van der Waals surface area contributed by atoms with E-state index in [9.17, 15) is 13.2 Å². The number of hydrogen-bond donors (Lipinski definition) is 1. The van der Waals surface area contributed by atoms with Gasteiger partial charge in [-0.25, -0.2) is 13.2 Å². The summed E-state index contributed by atoms with van der Waals surface area (Å²) in [5, 5.41) is 3.24. The second-order valence-corrected chi connectivity index (χ2v) is 5.40. The minimum absolute atomic E-state index is 0. The number of piperazine rings is 1. The van der Waals surface area contributed by atoms with Crippen LogP contribution >= 0.6 is 24.8 Å². The van der Waals surface area contributed by atoms with Gasteiger partial charge in [0.05, 0.1) is 0 Å². The molecule has 1 aromatic carbocycles. The Bertz CT molecular complexity index is 468. The van der Waals surface area contributed by atoms with Gasteiger partial charge in [0.2, 0.25) is 0 Å². The fourth-order valence-corrected chi connectivity index (χ4v) is 2.81. The van der Waals surface area contributed by atoms with Crippen LogP contribution in [0.3, 0.4) is 0 Å². The Hall–Kier alpha value is -0.490. The van der Waals surface area contributed by atoms with Crippen LogP contribution < -0.4 is 5.32 Å². The fraction of sp³-hybridized carbons (Fsp3) is 0.600. The number of hydrogen-bond acceptors (Lipinski definition) is 2. The molecular formula is C15H23Cl2F3N2. The predicted molar refractivity (Wildman–Crippen MR) is 87.5 cm³/mol. The van der Waals surface area contributed by atoms with Gasteiger partial charge < -0.3 is 5.32 Å². The van der Waals surface area contributed by atoms with Crippen molar-refractivity contribution in [3.63, 3.8) is 0 Å². The third-order valence-electron chi connectivity index (χ3n) is 4.09. The van der Waals surface area contributed by atoms with Crippen molar-refractivity contribution in [2.24, 2.45) is 5.92 Å². The summed E-state index contributed by atoms with van der Waals surface area (Å²) in [4.78, 5) is 2.15. The van der Waals surface area contributed by atoms with Gasteiger partial charge in [-0.05, 0) is 12.0 Å². The lowest BCUT2D eigenvalue weighted by Crippen LogP contribution is -2.46. The minimum atomic E-state index is -1.13. The topological polar surface area (TPSA) is 15.3 Å². The van der Waals surface area contributed by atoms with Gasteiger partial charge in [0.1, 0.15) is 5.82 Å². The first-order chi connectivity index (χ1) is 9.54. The van der Waals surface area contributed by atoms with Gasteiger partial charge in [0.25, 0.3) is 0 Å². The molecule has 22 heavy (non-hydrogen) atoms. The Labute approximate surface area is 142 Å². The molecule has 1 aromatic rings. The van der Waals surface area contributed by atoms with Crippen LogP contribution in [-0.2, 0) is 0 Å². The highest BCUT2D eigenvalue weighted by Gasteiger charge is 2.29. The third kappa shape index (κ3) is 4.75. The Balaban J connectivity index is 0.00000220. The number of rotatable bonds is 4. The van der Waals surface area contributed by atoms with E-state index in [1.165, 1.54) is 0 Å². The lowest BCUT2D eigenvalue weighted by molar-refractivity contribution is 0.125. The Morgan fingerprint density at radius 3 is 2.14 bits per heavy atom. The standard InChI is InChI=1S/C15H21F3N2.2ClH/c1-3-10(2)15(20-6-4-19-5-7-20)11-8-13(17)14(18)9-12(11)16;;/h8-10,15,19H,3-7H2,1-2H3;2*1H/t10?,15-;;/m0../s1. The molecule has 0 spiro atoms. The largest absolute Gasteiger partial charge is 0.314 e. The van der Waals surface area contributed by atoms with Crippen molar-refractivity contribution in [1.29, 1.82) is 0 Å². The first kappa shape index (κ1) is 21.5. The summed E-state index contributed by atoms with van der Waals surface area (Å²) in [7, 11) is 0. The summed E-state index contributed by atoms with van der Waals surface area (Å²) in [5.74, 6) is -2.60. The second-order valence-electron chi connectivity index (χ2n) is 5.40. The molecule has 128 valence electrons. The van der Waals surface area contributed by atoms with E-state index >= 15 is 0 Å². The normalized spacial score (nSPS) is 18.0. The molecule has 7 heteroatoms. The first-order valence-corrected chi connectivity index (χ1v) is 7.13. The van der Waals surface area contributed by atoms with Gasteiger partial charge >= 0.3 is 0 Å². The van der Waals surface area contributed by atoms with Crippen molar-refractivity contribution >= 4 is 24.8 Å². The van der Waals surface area contributed by atoms with Crippen molar-refractivity contribution in [3.05, 3.63) is 35.1 Å². The van der Waals surface area contributed by atoms with Crippen LogP contribution in [0.5, 0.6) is 0 Å². The SMILES string of the molecule is CCC(C)[C@@H](c1cc(F)c(F)cc1F)N1CCNCC1.Cl.Cl.